The summed E-state index contributed by atoms with van der Waals surface area (Å²) in [5.41, 5.74) is 0.0121. The second-order valence-corrected chi connectivity index (χ2v) is 8.15. The van der Waals surface area contributed by atoms with Gasteiger partial charge in [-0.3, -0.25) is 14.9 Å². The number of alkyl halides is 3. The SMILES string of the molecule is CCCCCC(=O)N[C@H](NC(=S)Nc1ccccc1[N+](=O)[O-])C(Cl)(Cl)Cl. The van der Waals surface area contributed by atoms with Crippen molar-refractivity contribution in [3.8, 4) is 0 Å². The molecule has 0 radical (unpaired) electrons. The standard InChI is InChI=1S/C15H19Cl3N4O3S/c1-2-3-4-9-12(23)20-13(15(16,17)18)21-14(26)19-10-7-5-6-8-11(10)22(24)25/h5-8,13H,2-4,9H2,1H3,(H,20,23)(H2,19,21,26)/t13-/m1/s1. The lowest BCUT2D eigenvalue weighted by Crippen LogP contribution is -2.56. The highest BCUT2D eigenvalue weighted by atomic mass is 35.6. The number of para-hydroxylation sites is 2. The number of thiocarbonyl (C=S) groups is 1. The molecule has 144 valence electrons. The predicted octanol–water partition coefficient (Wildman–Crippen LogP) is 4.27. The van der Waals surface area contributed by atoms with Crippen LogP contribution in [0.2, 0.25) is 0 Å². The van der Waals surface area contributed by atoms with Crippen molar-refractivity contribution in [3.63, 3.8) is 0 Å². The third kappa shape index (κ3) is 7.90. The molecule has 0 aromatic heterocycles. The van der Waals surface area contributed by atoms with Crippen molar-refractivity contribution in [1.82, 2.24) is 10.6 Å². The zero-order valence-electron chi connectivity index (χ0n) is 13.9. The van der Waals surface area contributed by atoms with Gasteiger partial charge in [-0.05, 0) is 24.7 Å². The van der Waals surface area contributed by atoms with Crippen LogP contribution in [0.4, 0.5) is 11.4 Å². The molecule has 0 saturated heterocycles. The van der Waals surface area contributed by atoms with Gasteiger partial charge in [0.1, 0.15) is 11.9 Å². The van der Waals surface area contributed by atoms with E-state index in [9.17, 15) is 14.9 Å². The molecule has 0 heterocycles. The number of nitro groups is 1. The molecule has 0 unspecified atom stereocenters. The minimum Gasteiger partial charge on any atom is -0.339 e. The summed E-state index contributed by atoms with van der Waals surface area (Å²) in [6.07, 6.45) is 1.79. The van der Waals surface area contributed by atoms with Gasteiger partial charge >= 0.3 is 0 Å². The van der Waals surface area contributed by atoms with Gasteiger partial charge in [-0.15, -0.1) is 0 Å². The van der Waals surface area contributed by atoms with Gasteiger partial charge in [0.25, 0.3) is 5.69 Å². The zero-order valence-corrected chi connectivity index (χ0v) is 17.0. The molecular weight excluding hydrogens is 423 g/mol. The Labute approximate surface area is 171 Å². The topological polar surface area (TPSA) is 96.3 Å². The Hall–Kier alpha value is -1.35. The normalized spacial score (nSPS) is 12.2. The summed E-state index contributed by atoms with van der Waals surface area (Å²) in [7, 11) is 0. The summed E-state index contributed by atoms with van der Waals surface area (Å²) < 4.78 is -1.88. The van der Waals surface area contributed by atoms with E-state index >= 15 is 0 Å². The molecule has 1 rings (SSSR count). The summed E-state index contributed by atoms with van der Waals surface area (Å²) in [5.74, 6) is -0.296. The van der Waals surface area contributed by atoms with Crippen molar-refractivity contribution in [2.45, 2.75) is 42.6 Å². The van der Waals surface area contributed by atoms with Crippen molar-refractivity contribution in [2.24, 2.45) is 0 Å². The van der Waals surface area contributed by atoms with Crippen LogP contribution in [-0.2, 0) is 4.79 Å². The molecule has 1 atom stereocenters. The number of rotatable bonds is 8. The molecule has 1 aromatic rings. The van der Waals surface area contributed by atoms with E-state index in [1.54, 1.807) is 6.07 Å². The van der Waals surface area contributed by atoms with Crippen LogP contribution in [0.25, 0.3) is 0 Å². The van der Waals surface area contributed by atoms with Crippen LogP contribution in [0.5, 0.6) is 0 Å². The van der Waals surface area contributed by atoms with Gasteiger partial charge in [0.05, 0.1) is 4.92 Å². The van der Waals surface area contributed by atoms with E-state index in [1.807, 2.05) is 6.92 Å². The first-order valence-electron chi connectivity index (χ1n) is 7.82. The van der Waals surface area contributed by atoms with Crippen molar-refractivity contribution in [2.75, 3.05) is 5.32 Å². The summed E-state index contributed by atoms with van der Waals surface area (Å²) in [6, 6.07) is 5.95. The first-order chi connectivity index (χ1) is 12.1. The average molecular weight is 442 g/mol. The fourth-order valence-electron chi connectivity index (χ4n) is 2.00. The maximum atomic E-state index is 12.0. The predicted molar refractivity (Wildman–Crippen MR) is 109 cm³/mol. The molecule has 0 fully saturated rings. The lowest BCUT2D eigenvalue weighted by molar-refractivity contribution is -0.383. The Balaban J connectivity index is 2.75. The molecule has 7 nitrogen and oxygen atoms in total. The molecular formula is C15H19Cl3N4O3S. The number of nitrogens with zero attached hydrogens (tertiary/aromatic N) is 1. The van der Waals surface area contributed by atoms with E-state index in [0.717, 1.165) is 12.8 Å². The van der Waals surface area contributed by atoms with Gasteiger partial charge in [0.2, 0.25) is 9.70 Å². The average Bonchev–Trinajstić information content (AvgIpc) is 2.54. The van der Waals surface area contributed by atoms with Crippen molar-refractivity contribution in [3.05, 3.63) is 34.4 Å². The monoisotopic (exact) mass is 440 g/mol. The number of nitro benzene ring substituents is 1. The van der Waals surface area contributed by atoms with Gasteiger partial charge in [0.15, 0.2) is 5.11 Å². The van der Waals surface area contributed by atoms with Gasteiger partial charge in [-0.1, -0.05) is 66.7 Å². The van der Waals surface area contributed by atoms with Gasteiger partial charge < -0.3 is 16.0 Å². The molecule has 1 amide bonds. The molecule has 26 heavy (non-hydrogen) atoms. The number of hydrogen-bond acceptors (Lipinski definition) is 4. The third-order valence-corrected chi connectivity index (χ3v) is 4.14. The second-order valence-electron chi connectivity index (χ2n) is 5.37. The van der Waals surface area contributed by atoms with E-state index in [0.29, 0.717) is 6.42 Å². The maximum Gasteiger partial charge on any atom is 0.292 e. The Morgan fingerprint density at radius 1 is 1.27 bits per heavy atom. The summed E-state index contributed by atoms with van der Waals surface area (Å²) >= 11 is 22.8. The molecule has 1 aromatic carbocycles. The molecule has 0 aliphatic heterocycles. The summed E-state index contributed by atoms with van der Waals surface area (Å²) in [6.45, 7) is 2.02. The van der Waals surface area contributed by atoms with E-state index in [4.69, 9.17) is 47.0 Å². The van der Waals surface area contributed by atoms with E-state index < -0.39 is 14.9 Å². The van der Waals surface area contributed by atoms with Gasteiger partial charge in [-0.2, -0.15) is 0 Å². The Morgan fingerprint density at radius 2 is 1.92 bits per heavy atom. The number of benzene rings is 1. The van der Waals surface area contributed by atoms with Crippen LogP contribution < -0.4 is 16.0 Å². The van der Waals surface area contributed by atoms with Gasteiger partial charge in [-0.25, -0.2) is 0 Å². The van der Waals surface area contributed by atoms with E-state index in [2.05, 4.69) is 16.0 Å². The molecule has 3 N–H and O–H groups in total. The zero-order chi connectivity index (χ0) is 19.7. The number of carbonyl (C=O) groups is 1. The number of halogens is 3. The number of carbonyl (C=O) groups excluding carboxylic acids is 1. The highest BCUT2D eigenvalue weighted by Crippen LogP contribution is 2.29. The maximum absolute atomic E-state index is 12.0. The van der Waals surface area contributed by atoms with Crippen LogP contribution >= 0.6 is 47.0 Å². The molecule has 0 aliphatic carbocycles. The molecule has 0 bridgehead atoms. The minimum atomic E-state index is -1.88. The molecule has 0 aliphatic rings. The quantitative estimate of drug-likeness (QED) is 0.139. The van der Waals surface area contributed by atoms with Crippen LogP contribution in [-0.4, -0.2) is 25.9 Å². The van der Waals surface area contributed by atoms with Crippen molar-refractivity contribution in [1.29, 1.82) is 0 Å². The highest BCUT2D eigenvalue weighted by molar-refractivity contribution is 7.80. The molecule has 11 heteroatoms. The number of nitrogens with one attached hydrogen (secondary N) is 3. The lowest BCUT2D eigenvalue weighted by Gasteiger charge is -2.27. The Kier molecular flexibility index (Phi) is 9.35. The number of unbranched alkanes of at least 4 members (excludes halogenated alkanes) is 2. The van der Waals surface area contributed by atoms with Crippen molar-refractivity contribution >= 4 is 69.4 Å². The fraction of sp³-hybridized carbons (Fsp3) is 0.467. The van der Waals surface area contributed by atoms with Crippen LogP contribution in [0.15, 0.2) is 24.3 Å². The minimum absolute atomic E-state index is 0.0375. The molecule has 0 saturated carbocycles. The van der Waals surface area contributed by atoms with Crippen molar-refractivity contribution < 1.29 is 9.72 Å². The fourth-order valence-corrected chi connectivity index (χ4v) is 2.55. The summed E-state index contributed by atoms with van der Waals surface area (Å²) in [4.78, 5) is 22.5. The van der Waals surface area contributed by atoms with E-state index in [1.165, 1.54) is 18.2 Å². The molecule has 0 spiro atoms. The van der Waals surface area contributed by atoms with Crippen LogP contribution in [0, 0.1) is 10.1 Å². The second kappa shape index (κ2) is 10.7. The first kappa shape index (κ1) is 22.7. The number of anilines is 1. The Morgan fingerprint density at radius 3 is 2.50 bits per heavy atom. The van der Waals surface area contributed by atoms with Crippen LogP contribution in [0.3, 0.4) is 0 Å². The largest absolute Gasteiger partial charge is 0.339 e. The number of amides is 1. The summed E-state index contributed by atoms with van der Waals surface area (Å²) in [5, 5.41) is 18.9. The van der Waals surface area contributed by atoms with E-state index in [-0.39, 0.29) is 28.8 Å². The number of hydrogen-bond donors (Lipinski definition) is 3. The third-order valence-electron chi connectivity index (χ3n) is 3.26. The smallest absolute Gasteiger partial charge is 0.292 e. The van der Waals surface area contributed by atoms with Gasteiger partial charge in [0, 0.05) is 12.5 Å². The Bertz CT molecular complexity index is 655. The highest BCUT2D eigenvalue weighted by Gasteiger charge is 2.34. The van der Waals surface area contributed by atoms with Crippen LogP contribution in [0.1, 0.15) is 32.6 Å². The first-order valence-corrected chi connectivity index (χ1v) is 9.36. The lowest BCUT2D eigenvalue weighted by atomic mass is 10.2.